The van der Waals surface area contributed by atoms with Gasteiger partial charge in [-0.3, -0.25) is 4.79 Å². The molecule has 0 saturated heterocycles. The van der Waals surface area contributed by atoms with Gasteiger partial charge in [0.25, 0.3) is 5.56 Å². The molecular formula is C13H21N3O. The number of hydrogen-bond acceptors (Lipinski definition) is 3. The lowest BCUT2D eigenvalue weighted by Crippen LogP contribution is -2.22. The lowest BCUT2D eigenvalue weighted by atomic mass is 9.82. The second-order valence-corrected chi connectivity index (χ2v) is 5.23. The molecule has 0 radical (unpaired) electrons. The Kier molecular flexibility index (Phi) is 3.82. The van der Waals surface area contributed by atoms with Crippen molar-refractivity contribution < 1.29 is 0 Å². The van der Waals surface area contributed by atoms with E-state index in [0.717, 1.165) is 18.4 Å². The van der Waals surface area contributed by atoms with Crippen molar-refractivity contribution in [3.8, 4) is 0 Å². The summed E-state index contributed by atoms with van der Waals surface area (Å²) in [6, 6.07) is 1.53. The first-order valence-electron chi connectivity index (χ1n) is 6.45. The monoisotopic (exact) mass is 235 g/mol. The molecule has 1 heterocycles. The van der Waals surface area contributed by atoms with E-state index < -0.39 is 0 Å². The highest BCUT2D eigenvalue weighted by atomic mass is 16.1. The van der Waals surface area contributed by atoms with Gasteiger partial charge in [-0.25, -0.2) is 4.98 Å². The van der Waals surface area contributed by atoms with Crippen LogP contribution in [0.25, 0.3) is 0 Å². The van der Waals surface area contributed by atoms with E-state index in [1.54, 1.807) is 6.92 Å². The Morgan fingerprint density at radius 3 is 3.06 bits per heavy atom. The molecule has 2 rings (SSSR count). The molecule has 0 spiro atoms. The standard InChI is InChI=1S/C13H21N3O/c1-9-4-3-5-11(6-9)8-14-12-7-13(17)16-10(2)15-12/h7,9,11H,3-6,8H2,1-2H3,(H2,14,15,16,17). The molecule has 1 aromatic heterocycles. The molecule has 94 valence electrons. The van der Waals surface area contributed by atoms with Gasteiger partial charge in [-0.05, 0) is 31.6 Å². The first-order valence-corrected chi connectivity index (χ1v) is 6.45. The summed E-state index contributed by atoms with van der Waals surface area (Å²) in [6.45, 7) is 5.05. The number of aromatic nitrogens is 2. The summed E-state index contributed by atoms with van der Waals surface area (Å²) in [5, 5.41) is 3.29. The normalized spacial score (nSPS) is 24.6. The van der Waals surface area contributed by atoms with Gasteiger partial charge in [0.05, 0.1) is 0 Å². The molecule has 0 aliphatic heterocycles. The van der Waals surface area contributed by atoms with Crippen LogP contribution in [0.3, 0.4) is 0 Å². The highest BCUT2D eigenvalue weighted by Crippen LogP contribution is 2.28. The molecule has 1 aromatic rings. The van der Waals surface area contributed by atoms with Crippen molar-refractivity contribution in [1.82, 2.24) is 9.97 Å². The summed E-state index contributed by atoms with van der Waals surface area (Å²) in [5.74, 6) is 2.92. The number of nitrogens with zero attached hydrogens (tertiary/aromatic N) is 1. The zero-order chi connectivity index (χ0) is 12.3. The van der Waals surface area contributed by atoms with Crippen molar-refractivity contribution in [3.63, 3.8) is 0 Å². The minimum Gasteiger partial charge on any atom is -0.370 e. The van der Waals surface area contributed by atoms with Crippen molar-refractivity contribution in [3.05, 3.63) is 22.2 Å². The van der Waals surface area contributed by atoms with Crippen molar-refractivity contribution in [1.29, 1.82) is 0 Å². The Morgan fingerprint density at radius 1 is 1.53 bits per heavy atom. The third-order valence-corrected chi connectivity index (χ3v) is 3.48. The Hall–Kier alpha value is -1.32. The molecule has 4 nitrogen and oxygen atoms in total. The lowest BCUT2D eigenvalue weighted by molar-refractivity contribution is 0.293. The van der Waals surface area contributed by atoms with E-state index in [1.165, 1.54) is 31.7 Å². The van der Waals surface area contributed by atoms with Crippen LogP contribution in [-0.4, -0.2) is 16.5 Å². The van der Waals surface area contributed by atoms with Gasteiger partial charge in [-0.2, -0.15) is 0 Å². The molecule has 0 amide bonds. The van der Waals surface area contributed by atoms with E-state index in [2.05, 4.69) is 22.2 Å². The predicted octanol–water partition coefficient (Wildman–Crippen LogP) is 2.32. The fourth-order valence-electron chi connectivity index (χ4n) is 2.66. The maximum absolute atomic E-state index is 11.3. The van der Waals surface area contributed by atoms with Crippen LogP contribution in [0.4, 0.5) is 5.82 Å². The van der Waals surface area contributed by atoms with E-state index in [-0.39, 0.29) is 5.56 Å². The molecular weight excluding hydrogens is 214 g/mol. The molecule has 4 heteroatoms. The Bertz CT molecular complexity index is 427. The average Bonchev–Trinajstić information content (AvgIpc) is 2.25. The van der Waals surface area contributed by atoms with Crippen LogP contribution in [-0.2, 0) is 0 Å². The van der Waals surface area contributed by atoms with Crippen LogP contribution >= 0.6 is 0 Å². The maximum Gasteiger partial charge on any atom is 0.252 e. The van der Waals surface area contributed by atoms with E-state index in [9.17, 15) is 4.79 Å². The maximum atomic E-state index is 11.3. The van der Waals surface area contributed by atoms with Crippen LogP contribution in [0.5, 0.6) is 0 Å². The second-order valence-electron chi connectivity index (χ2n) is 5.23. The topological polar surface area (TPSA) is 57.8 Å². The fraction of sp³-hybridized carbons (Fsp3) is 0.692. The van der Waals surface area contributed by atoms with Gasteiger partial charge >= 0.3 is 0 Å². The summed E-state index contributed by atoms with van der Waals surface area (Å²) >= 11 is 0. The van der Waals surface area contributed by atoms with Gasteiger partial charge in [-0.15, -0.1) is 0 Å². The van der Waals surface area contributed by atoms with E-state index >= 15 is 0 Å². The summed E-state index contributed by atoms with van der Waals surface area (Å²) in [7, 11) is 0. The SMILES string of the molecule is Cc1nc(NCC2CCCC(C)C2)cc(=O)[nH]1. The van der Waals surface area contributed by atoms with Crippen molar-refractivity contribution >= 4 is 5.82 Å². The van der Waals surface area contributed by atoms with Crippen LogP contribution < -0.4 is 10.9 Å². The predicted molar refractivity (Wildman–Crippen MR) is 69.2 cm³/mol. The lowest BCUT2D eigenvalue weighted by Gasteiger charge is -2.26. The highest BCUT2D eigenvalue weighted by Gasteiger charge is 2.18. The summed E-state index contributed by atoms with van der Waals surface area (Å²) in [4.78, 5) is 18.2. The number of aromatic amines is 1. The fourth-order valence-corrected chi connectivity index (χ4v) is 2.66. The molecule has 0 bridgehead atoms. The van der Waals surface area contributed by atoms with Gasteiger partial charge in [0.1, 0.15) is 11.6 Å². The Labute approximate surface area is 102 Å². The van der Waals surface area contributed by atoms with Gasteiger partial charge in [0.15, 0.2) is 0 Å². The van der Waals surface area contributed by atoms with Crippen LogP contribution in [0.2, 0.25) is 0 Å². The van der Waals surface area contributed by atoms with E-state index in [1.807, 2.05) is 0 Å². The van der Waals surface area contributed by atoms with Crippen molar-refractivity contribution in [2.24, 2.45) is 11.8 Å². The molecule has 1 fully saturated rings. The minimum absolute atomic E-state index is 0.0861. The van der Waals surface area contributed by atoms with Gasteiger partial charge in [0.2, 0.25) is 0 Å². The molecule has 17 heavy (non-hydrogen) atoms. The molecule has 1 aliphatic rings. The summed E-state index contributed by atoms with van der Waals surface area (Å²) < 4.78 is 0. The van der Waals surface area contributed by atoms with Crippen LogP contribution in [0.1, 0.15) is 38.4 Å². The van der Waals surface area contributed by atoms with Crippen molar-refractivity contribution in [2.75, 3.05) is 11.9 Å². The van der Waals surface area contributed by atoms with Crippen LogP contribution in [0.15, 0.2) is 10.9 Å². The minimum atomic E-state index is -0.0861. The number of rotatable bonds is 3. The van der Waals surface area contributed by atoms with E-state index in [0.29, 0.717) is 11.6 Å². The summed E-state index contributed by atoms with van der Waals surface area (Å²) in [6.07, 6.45) is 5.27. The van der Waals surface area contributed by atoms with Gasteiger partial charge in [0, 0.05) is 12.6 Å². The van der Waals surface area contributed by atoms with Gasteiger partial charge in [-0.1, -0.05) is 19.8 Å². The smallest absolute Gasteiger partial charge is 0.252 e. The average molecular weight is 235 g/mol. The molecule has 1 aliphatic carbocycles. The molecule has 2 unspecified atom stereocenters. The zero-order valence-electron chi connectivity index (χ0n) is 10.6. The number of nitrogens with one attached hydrogen (secondary N) is 2. The first-order chi connectivity index (χ1) is 8.13. The number of aryl methyl sites for hydroxylation is 1. The van der Waals surface area contributed by atoms with Crippen LogP contribution in [0, 0.1) is 18.8 Å². The van der Waals surface area contributed by atoms with Gasteiger partial charge < -0.3 is 10.3 Å². The third kappa shape index (κ3) is 3.58. The summed E-state index contributed by atoms with van der Waals surface area (Å²) in [5.41, 5.74) is -0.0861. The Morgan fingerprint density at radius 2 is 2.35 bits per heavy atom. The zero-order valence-corrected chi connectivity index (χ0v) is 10.6. The Balaban J connectivity index is 1.90. The molecule has 0 aromatic carbocycles. The quantitative estimate of drug-likeness (QED) is 0.845. The number of hydrogen-bond donors (Lipinski definition) is 2. The van der Waals surface area contributed by atoms with E-state index in [4.69, 9.17) is 0 Å². The third-order valence-electron chi connectivity index (χ3n) is 3.48. The molecule has 2 atom stereocenters. The molecule has 1 saturated carbocycles. The first kappa shape index (κ1) is 12.1. The largest absolute Gasteiger partial charge is 0.370 e. The highest BCUT2D eigenvalue weighted by molar-refractivity contribution is 5.32. The van der Waals surface area contributed by atoms with Crippen molar-refractivity contribution in [2.45, 2.75) is 39.5 Å². The second kappa shape index (κ2) is 5.34. The molecule has 2 N–H and O–H groups in total. The number of H-pyrrole nitrogens is 1. The number of anilines is 1.